The summed E-state index contributed by atoms with van der Waals surface area (Å²) in [5, 5.41) is 2.23. The van der Waals surface area contributed by atoms with Crippen molar-refractivity contribution in [2.24, 2.45) is 0 Å². The van der Waals surface area contributed by atoms with Crippen LogP contribution in [-0.4, -0.2) is 22.4 Å². The quantitative estimate of drug-likeness (QED) is 0.681. The van der Waals surface area contributed by atoms with Gasteiger partial charge in [-0.15, -0.1) is 0 Å². The van der Waals surface area contributed by atoms with Crippen molar-refractivity contribution in [3.8, 4) is 0 Å². The summed E-state index contributed by atoms with van der Waals surface area (Å²) in [6, 6.07) is 2.21. The molecule has 0 aromatic carbocycles. The van der Waals surface area contributed by atoms with E-state index in [1.165, 1.54) is 0 Å². The van der Waals surface area contributed by atoms with Crippen molar-refractivity contribution in [2.45, 2.75) is 19.9 Å². The first kappa shape index (κ1) is 11.2. The van der Waals surface area contributed by atoms with E-state index in [9.17, 15) is 14.4 Å². The molecule has 1 heterocycles. The van der Waals surface area contributed by atoms with Gasteiger partial charge in [0, 0.05) is 12.1 Å². The maximum absolute atomic E-state index is 11.2. The molecule has 0 aliphatic carbocycles. The zero-order chi connectivity index (χ0) is 11.3. The number of aromatic nitrogens is 2. The van der Waals surface area contributed by atoms with Crippen LogP contribution in [0, 0.1) is 0 Å². The molecule has 1 rings (SSSR count). The van der Waals surface area contributed by atoms with E-state index in [-0.39, 0.29) is 6.54 Å². The number of hydrogen-bond donors (Lipinski definition) is 1. The van der Waals surface area contributed by atoms with Crippen LogP contribution in [0.2, 0.25) is 0 Å². The third kappa shape index (κ3) is 3.41. The van der Waals surface area contributed by atoms with Crippen LogP contribution in [0.15, 0.2) is 21.7 Å². The van der Waals surface area contributed by atoms with E-state index in [1.807, 2.05) is 6.92 Å². The van der Waals surface area contributed by atoms with E-state index in [0.717, 1.165) is 16.8 Å². The third-order valence-electron chi connectivity index (χ3n) is 1.64. The molecule has 0 aliphatic rings. The van der Waals surface area contributed by atoms with Gasteiger partial charge in [0.15, 0.2) is 0 Å². The van der Waals surface area contributed by atoms with E-state index < -0.39 is 17.1 Å². The van der Waals surface area contributed by atoms with Gasteiger partial charge in [-0.05, 0) is 6.42 Å². The van der Waals surface area contributed by atoms with Crippen molar-refractivity contribution in [3.05, 3.63) is 32.8 Å². The number of esters is 1. The fraction of sp³-hybridized carbons (Fsp3) is 0.444. The molecule has 0 radical (unpaired) electrons. The summed E-state index contributed by atoms with van der Waals surface area (Å²) in [6.07, 6.45) is 0.714. The molecule has 1 N–H and O–H groups in total. The maximum atomic E-state index is 11.2. The standard InChI is InChI=1S/C9H12N2O4/c1-2-5-15-9(14)6-11-8(13)4-3-7(12)10-11/h3-4H,2,5-6H2,1H3,(H,10,12). The summed E-state index contributed by atoms with van der Waals surface area (Å²) < 4.78 is 5.69. The fourth-order valence-electron chi connectivity index (χ4n) is 0.970. The molecule has 0 atom stereocenters. The average Bonchev–Trinajstić information content (AvgIpc) is 2.20. The van der Waals surface area contributed by atoms with Gasteiger partial charge in [0.05, 0.1) is 6.61 Å². The fourth-order valence-corrected chi connectivity index (χ4v) is 0.970. The largest absolute Gasteiger partial charge is 0.464 e. The first-order valence-corrected chi connectivity index (χ1v) is 4.59. The van der Waals surface area contributed by atoms with Gasteiger partial charge in [-0.2, -0.15) is 0 Å². The van der Waals surface area contributed by atoms with Crippen LogP contribution in [0.25, 0.3) is 0 Å². The van der Waals surface area contributed by atoms with E-state index in [0.29, 0.717) is 13.0 Å². The summed E-state index contributed by atoms with van der Waals surface area (Å²) in [5.74, 6) is -0.541. The van der Waals surface area contributed by atoms with Gasteiger partial charge in [0.2, 0.25) is 0 Å². The molecule has 0 aliphatic heterocycles. The highest BCUT2D eigenvalue weighted by molar-refractivity contribution is 5.68. The average molecular weight is 212 g/mol. The van der Waals surface area contributed by atoms with Gasteiger partial charge in [-0.1, -0.05) is 6.92 Å². The summed E-state index contributed by atoms with van der Waals surface area (Å²) in [4.78, 5) is 33.2. The van der Waals surface area contributed by atoms with Gasteiger partial charge in [-0.25, -0.2) is 4.68 Å². The van der Waals surface area contributed by atoms with Crippen LogP contribution in [0.4, 0.5) is 0 Å². The Hall–Kier alpha value is -1.85. The van der Waals surface area contributed by atoms with Crippen LogP contribution in [-0.2, 0) is 16.1 Å². The molecule has 0 spiro atoms. The number of H-pyrrole nitrogens is 1. The lowest BCUT2D eigenvalue weighted by Gasteiger charge is -2.04. The molecular formula is C9H12N2O4. The third-order valence-corrected chi connectivity index (χ3v) is 1.64. The van der Waals surface area contributed by atoms with Gasteiger partial charge < -0.3 is 4.74 Å². The molecule has 0 saturated carbocycles. The Morgan fingerprint density at radius 1 is 1.47 bits per heavy atom. The highest BCUT2D eigenvalue weighted by Gasteiger charge is 2.05. The number of aromatic amines is 1. The maximum Gasteiger partial charge on any atom is 0.327 e. The van der Waals surface area contributed by atoms with Crippen molar-refractivity contribution in [1.29, 1.82) is 0 Å². The SMILES string of the molecule is CCCOC(=O)Cn1[nH]c(=O)ccc1=O. The van der Waals surface area contributed by atoms with Gasteiger partial charge in [-0.3, -0.25) is 19.5 Å². The van der Waals surface area contributed by atoms with Crippen molar-refractivity contribution in [1.82, 2.24) is 9.78 Å². The zero-order valence-electron chi connectivity index (χ0n) is 8.36. The highest BCUT2D eigenvalue weighted by atomic mass is 16.5. The Balaban J connectivity index is 2.72. The molecule has 0 amide bonds. The molecule has 6 heteroatoms. The predicted octanol–water partition coefficient (Wildman–Crippen LogP) is -0.510. The van der Waals surface area contributed by atoms with E-state index in [1.54, 1.807) is 0 Å². The lowest BCUT2D eigenvalue weighted by Crippen LogP contribution is -2.31. The minimum Gasteiger partial charge on any atom is -0.464 e. The Morgan fingerprint density at radius 3 is 2.87 bits per heavy atom. The van der Waals surface area contributed by atoms with E-state index in [4.69, 9.17) is 4.74 Å². The van der Waals surface area contributed by atoms with Crippen LogP contribution in [0.3, 0.4) is 0 Å². The van der Waals surface area contributed by atoms with Crippen LogP contribution in [0.1, 0.15) is 13.3 Å². The topological polar surface area (TPSA) is 81.2 Å². The second kappa shape index (κ2) is 5.14. The number of ether oxygens (including phenoxy) is 1. The first-order chi connectivity index (χ1) is 7.13. The monoisotopic (exact) mass is 212 g/mol. The first-order valence-electron chi connectivity index (χ1n) is 4.59. The molecule has 6 nitrogen and oxygen atoms in total. The smallest absolute Gasteiger partial charge is 0.327 e. The number of carbonyl (C=O) groups is 1. The lowest BCUT2D eigenvalue weighted by molar-refractivity contribution is -0.144. The second-order valence-corrected chi connectivity index (χ2v) is 2.95. The predicted molar refractivity (Wildman–Crippen MR) is 52.6 cm³/mol. The Labute approximate surface area is 85.5 Å². The minimum absolute atomic E-state index is 0.269. The molecule has 0 bridgehead atoms. The number of nitrogens with one attached hydrogen (secondary N) is 1. The molecule has 82 valence electrons. The van der Waals surface area contributed by atoms with Gasteiger partial charge in [0.1, 0.15) is 6.54 Å². The molecule has 0 unspecified atom stereocenters. The second-order valence-electron chi connectivity index (χ2n) is 2.95. The molecule has 0 fully saturated rings. The van der Waals surface area contributed by atoms with E-state index in [2.05, 4.69) is 5.10 Å². The summed E-state index contributed by atoms with van der Waals surface area (Å²) in [6.45, 7) is 1.91. The number of nitrogens with zero attached hydrogens (tertiary/aromatic N) is 1. The van der Waals surface area contributed by atoms with Crippen LogP contribution >= 0.6 is 0 Å². The van der Waals surface area contributed by atoms with Crippen molar-refractivity contribution in [2.75, 3.05) is 6.61 Å². The van der Waals surface area contributed by atoms with Crippen LogP contribution < -0.4 is 11.1 Å². The number of rotatable bonds is 4. The van der Waals surface area contributed by atoms with Crippen LogP contribution in [0.5, 0.6) is 0 Å². The van der Waals surface area contributed by atoms with Crippen molar-refractivity contribution >= 4 is 5.97 Å². The summed E-state index contributed by atoms with van der Waals surface area (Å²) in [5.41, 5.74) is -0.874. The Kier molecular flexibility index (Phi) is 3.84. The Bertz CT molecular complexity index is 446. The van der Waals surface area contributed by atoms with Crippen molar-refractivity contribution < 1.29 is 9.53 Å². The highest BCUT2D eigenvalue weighted by Crippen LogP contribution is 1.84. The summed E-state index contributed by atoms with van der Waals surface area (Å²) >= 11 is 0. The van der Waals surface area contributed by atoms with E-state index >= 15 is 0 Å². The molecule has 15 heavy (non-hydrogen) atoms. The van der Waals surface area contributed by atoms with Crippen molar-refractivity contribution in [3.63, 3.8) is 0 Å². The van der Waals surface area contributed by atoms with Gasteiger partial charge in [0.25, 0.3) is 11.1 Å². The summed E-state index contributed by atoms with van der Waals surface area (Å²) in [7, 11) is 0. The molecule has 0 saturated heterocycles. The molecule has 1 aromatic heterocycles. The number of carbonyl (C=O) groups excluding carboxylic acids is 1. The lowest BCUT2D eigenvalue weighted by atomic mass is 10.5. The van der Waals surface area contributed by atoms with Gasteiger partial charge >= 0.3 is 5.97 Å². The zero-order valence-corrected chi connectivity index (χ0v) is 8.36. The Morgan fingerprint density at radius 2 is 2.20 bits per heavy atom. The molecule has 1 aromatic rings. The number of hydrogen-bond acceptors (Lipinski definition) is 4. The minimum atomic E-state index is -0.541. The normalized spacial score (nSPS) is 9.93. The molecular weight excluding hydrogens is 200 g/mol.